The van der Waals surface area contributed by atoms with Gasteiger partial charge in [-0.3, -0.25) is 4.79 Å². The molecule has 0 spiro atoms. The summed E-state index contributed by atoms with van der Waals surface area (Å²) in [6.45, 7) is 3.91. The molecule has 2 fully saturated rings. The number of nitrogens with one attached hydrogen (secondary N) is 1. The largest absolute Gasteiger partial charge is 0.497 e. The highest BCUT2D eigenvalue weighted by Gasteiger charge is 2.41. The van der Waals surface area contributed by atoms with E-state index >= 15 is 0 Å². The predicted octanol–water partition coefficient (Wildman–Crippen LogP) is 2.90. The van der Waals surface area contributed by atoms with Crippen molar-refractivity contribution in [2.75, 3.05) is 33.4 Å². The van der Waals surface area contributed by atoms with Crippen LogP contribution in [0.5, 0.6) is 5.75 Å². The van der Waals surface area contributed by atoms with Crippen molar-refractivity contribution in [3.8, 4) is 5.75 Å². The highest BCUT2D eigenvalue weighted by atomic mass is 32.2. The zero-order valence-electron chi connectivity index (χ0n) is 22.0. The number of amides is 1. The second kappa shape index (κ2) is 12.1. The van der Waals surface area contributed by atoms with Gasteiger partial charge in [-0.05, 0) is 73.3 Å². The lowest BCUT2D eigenvalue weighted by Crippen LogP contribution is -2.42. The van der Waals surface area contributed by atoms with Crippen molar-refractivity contribution in [2.45, 2.75) is 63.2 Å². The number of hydrogen-bond donors (Lipinski definition) is 2. The Labute approximate surface area is 220 Å². The van der Waals surface area contributed by atoms with E-state index in [1.807, 2.05) is 6.08 Å². The lowest BCUT2D eigenvalue weighted by atomic mass is 9.90. The number of aliphatic hydroxyl groups excluding tert-OH is 1. The summed E-state index contributed by atoms with van der Waals surface area (Å²) in [5.74, 6) is 2.34. The highest BCUT2D eigenvalue weighted by Crippen LogP contribution is 2.44. The van der Waals surface area contributed by atoms with Crippen LogP contribution < -0.4 is 10.1 Å². The summed E-state index contributed by atoms with van der Waals surface area (Å²) < 4.78 is 44.5. The second-order valence-corrected chi connectivity index (χ2v) is 12.6. The van der Waals surface area contributed by atoms with Gasteiger partial charge < -0.3 is 24.6 Å². The van der Waals surface area contributed by atoms with E-state index in [2.05, 4.69) is 19.2 Å². The van der Waals surface area contributed by atoms with Gasteiger partial charge in [-0.2, -0.15) is 4.31 Å². The Balaban J connectivity index is 1.36. The van der Waals surface area contributed by atoms with Crippen LogP contribution in [0.4, 0.5) is 0 Å². The molecule has 1 aromatic rings. The summed E-state index contributed by atoms with van der Waals surface area (Å²) in [5.41, 5.74) is 0. The van der Waals surface area contributed by atoms with Crippen LogP contribution in [0.15, 0.2) is 41.0 Å². The maximum atomic E-state index is 13.1. The number of fused-ring (bicyclic) bond motifs is 2. The van der Waals surface area contributed by atoms with Crippen molar-refractivity contribution in [3.05, 3.63) is 36.1 Å². The summed E-state index contributed by atoms with van der Waals surface area (Å²) in [4.78, 5) is 13.2. The van der Waals surface area contributed by atoms with Crippen LogP contribution in [-0.2, 0) is 24.3 Å². The normalized spacial score (nSPS) is 27.3. The van der Waals surface area contributed by atoms with Crippen molar-refractivity contribution >= 4 is 15.9 Å². The fraction of sp³-hybridized carbons (Fsp3) is 0.667. The van der Waals surface area contributed by atoms with Gasteiger partial charge in [-0.15, -0.1) is 0 Å². The number of nitrogens with zero attached hydrogens (tertiary/aromatic N) is 1. The van der Waals surface area contributed by atoms with Gasteiger partial charge in [0, 0.05) is 25.6 Å². The van der Waals surface area contributed by atoms with Crippen molar-refractivity contribution < 1.29 is 32.5 Å². The first-order valence-corrected chi connectivity index (χ1v) is 14.7. The van der Waals surface area contributed by atoms with Crippen LogP contribution >= 0.6 is 0 Å². The van der Waals surface area contributed by atoms with Crippen LogP contribution in [0.1, 0.15) is 46.0 Å². The molecule has 2 N–H and O–H groups in total. The number of benzene rings is 1. The van der Waals surface area contributed by atoms with Crippen LogP contribution in [0.25, 0.3) is 0 Å². The molecule has 1 aliphatic heterocycles. The average Bonchev–Trinajstić information content (AvgIpc) is 3.51. The smallest absolute Gasteiger partial charge is 0.286 e. The minimum atomic E-state index is -3.84. The van der Waals surface area contributed by atoms with Gasteiger partial charge in [0.05, 0.1) is 25.2 Å². The quantitative estimate of drug-likeness (QED) is 0.422. The van der Waals surface area contributed by atoms with E-state index in [9.17, 15) is 18.3 Å². The Hall–Kier alpha value is -2.14. The van der Waals surface area contributed by atoms with Gasteiger partial charge in [0.1, 0.15) is 5.75 Å². The molecule has 37 heavy (non-hydrogen) atoms. The monoisotopic (exact) mass is 536 g/mol. The van der Waals surface area contributed by atoms with E-state index < -0.39 is 16.3 Å². The third-order valence-corrected chi connectivity index (χ3v) is 9.83. The van der Waals surface area contributed by atoms with Gasteiger partial charge in [-0.25, -0.2) is 8.42 Å². The van der Waals surface area contributed by atoms with Gasteiger partial charge in [-0.1, -0.05) is 20.3 Å². The third kappa shape index (κ3) is 6.66. The molecule has 5 atom stereocenters. The minimum absolute atomic E-state index is 0.0392. The van der Waals surface area contributed by atoms with E-state index in [0.29, 0.717) is 24.0 Å². The highest BCUT2D eigenvalue weighted by molar-refractivity contribution is 7.89. The molecule has 1 aromatic carbocycles. The average molecular weight is 537 g/mol. The van der Waals surface area contributed by atoms with Gasteiger partial charge >= 0.3 is 0 Å². The Bertz CT molecular complexity index is 1060. The Morgan fingerprint density at radius 1 is 1.16 bits per heavy atom. The minimum Gasteiger partial charge on any atom is -0.497 e. The second-order valence-electron chi connectivity index (χ2n) is 10.7. The number of carbonyl (C=O) groups is 1. The molecule has 0 radical (unpaired) electrons. The Kier molecular flexibility index (Phi) is 9.15. The van der Waals surface area contributed by atoms with E-state index in [4.69, 9.17) is 14.2 Å². The van der Waals surface area contributed by atoms with Crippen molar-refractivity contribution in [1.29, 1.82) is 0 Å². The maximum Gasteiger partial charge on any atom is 0.286 e. The summed E-state index contributed by atoms with van der Waals surface area (Å²) in [6.07, 6.45) is 6.52. The number of carbonyl (C=O) groups excluding carboxylic acids is 1. The number of aliphatic hydroxyl groups is 1. The molecule has 2 bridgehead atoms. The van der Waals surface area contributed by atoms with Gasteiger partial charge in [0.15, 0.2) is 5.76 Å². The third-order valence-electron chi connectivity index (χ3n) is 7.91. The molecule has 10 heteroatoms. The summed E-state index contributed by atoms with van der Waals surface area (Å²) >= 11 is 0. The molecule has 2 aliphatic carbocycles. The molecule has 9 nitrogen and oxygen atoms in total. The van der Waals surface area contributed by atoms with Crippen LogP contribution in [0, 0.1) is 23.7 Å². The number of ether oxygens (including phenoxy) is 3. The molecule has 0 aromatic heterocycles. The van der Waals surface area contributed by atoms with E-state index in [0.717, 1.165) is 12.3 Å². The molecule has 2 saturated carbocycles. The zero-order valence-corrected chi connectivity index (χ0v) is 22.8. The van der Waals surface area contributed by atoms with Crippen molar-refractivity contribution in [3.63, 3.8) is 0 Å². The lowest BCUT2D eigenvalue weighted by Gasteiger charge is -2.32. The number of methoxy groups -OCH3 is 1. The van der Waals surface area contributed by atoms with E-state index in [-0.39, 0.29) is 54.8 Å². The molecule has 5 unspecified atom stereocenters. The molecule has 4 rings (SSSR count). The Morgan fingerprint density at radius 2 is 1.92 bits per heavy atom. The first-order chi connectivity index (χ1) is 17.7. The SMILES string of the molecule is COc1ccc(S(=O)(=O)N(CCO)CCOC2CC(C(C)C)C=C(C(=O)NC3CC4CCC3C4)O2)cc1. The number of allylic oxidation sites excluding steroid dienone is 1. The van der Waals surface area contributed by atoms with Crippen LogP contribution in [0.2, 0.25) is 0 Å². The maximum absolute atomic E-state index is 13.1. The predicted molar refractivity (Wildman–Crippen MR) is 138 cm³/mol. The number of hydrogen-bond acceptors (Lipinski definition) is 7. The van der Waals surface area contributed by atoms with Crippen LogP contribution in [-0.4, -0.2) is 69.5 Å². The number of sulfonamides is 1. The molecular formula is C27H40N2O7S. The van der Waals surface area contributed by atoms with Gasteiger partial charge in [0.2, 0.25) is 16.3 Å². The zero-order chi connectivity index (χ0) is 26.6. The standard InChI is InChI=1S/C27H40N2O7S/c1-18(2)21-16-25(27(31)28-24-15-19-4-5-20(24)14-19)36-26(17-21)35-13-11-29(10-12-30)37(32,33)23-8-6-22(34-3)7-9-23/h6-9,16,18-21,24,26,30H,4-5,10-15,17H2,1-3H3,(H,28,31). The Morgan fingerprint density at radius 3 is 2.51 bits per heavy atom. The van der Waals surface area contributed by atoms with E-state index in [1.54, 1.807) is 12.1 Å². The molecule has 3 aliphatic rings. The summed E-state index contributed by atoms with van der Waals surface area (Å²) in [7, 11) is -2.32. The molecule has 1 heterocycles. The van der Waals surface area contributed by atoms with Gasteiger partial charge in [0.25, 0.3) is 5.91 Å². The fourth-order valence-electron chi connectivity index (χ4n) is 5.72. The van der Waals surface area contributed by atoms with Crippen molar-refractivity contribution in [1.82, 2.24) is 9.62 Å². The molecule has 1 amide bonds. The summed E-state index contributed by atoms with van der Waals surface area (Å²) in [5, 5.41) is 12.7. The molecule has 206 valence electrons. The number of rotatable bonds is 12. The topological polar surface area (TPSA) is 114 Å². The molecule has 0 saturated heterocycles. The van der Waals surface area contributed by atoms with Crippen LogP contribution in [0.3, 0.4) is 0 Å². The van der Waals surface area contributed by atoms with Crippen molar-refractivity contribution in [2.24, 2.45) is 23.7 Å². The summed E-state index contributed by atoms with van der Waals surface area (Å²) in [6, 6.07) is 6.33. The first-order valence-electron chi connectivity index (χ1n) is 13.3. The van der Waals surface area contributed by atoms with E-state index in [1.165, 1.54) is 42.8 Å². The first kappa shape index (κ1) is 27.9. The fourth-order valence-corrected chi connectivity index (χ4v) is 7.13. The lowest BCUT2D eigenvalue weighted by molar-refractivity contribution is -0.151. The molecular weight excluding hydrogens is 496 g/mol.